The summed E-state index contributed by atoms with van der Waals surface area (Å²) in [6, 6.07) is 5.68. The quantitative estimate of drug-likeness (QED) is 0.382. The second kappa shape index (κ2) is 8.59. The smallest absolute Gasteiger partial charge is 0.257 e. The molecule has 0 bridgehead atoms. The Bertz CT molecular complexity index is 1370. The monoisotopic (exact) mass is 477 g/mol. The van der Waals surface area contributed by atoms with Crippen LogP contribution in [0.2, 0.25) is 0 Å². The number of aliphatic hydroxyl groups is 1. The number of fused-ring (bicyclic) bond motifs is 2. The summed E-state index contributed by atoms with van der Waals surface area (Å²) in [6.07, 6.45) is 6.21. The van der Waals surface area contributed by atoms with Gasteiger partial charge in [0.05, 0.1) is 43.3 Å². The first-order valence-electron chi connectivity index (χ1n) is 11.7. The number of nitrogens with zero attached hydrogens (tertiary/aromatic N) is 5. The van der Waals surface area contributed by atoms with Crippen molar-refractivity contribution in [3.8, 4) is 22.6 Å². The first kappa shape index (κ1) is 22.0. The number of amides is 1. The molecular weight excluding hydrogens is 450 g/mol. The van der Waals surface area contributed by atoms with Crippen molar-refractivity contribution in [2.45, 2.75) is 37.1 Å². The van der Waals surface area contributed by atoms with Gasteiger partial charge in [0, 0.05) is 43.7 Å². The standard InChI is InChI=1S/C24H27N7O4/c1-25-21-8-17(28-23-15(10-27-31(21)23)24(33)29-16-5-6-19(16)32)14-9-26-22-13(14)4-3-7-30(22)18-11-35-12-20(18)34-2/h3-4,7-10,16,18-20,25,32H,5-6,11-12H2,1-2H3,(H,29,33)/t16-,18+,19-,20+/m0/s1. The van der Waals surface area contributed by atoms with Crippen LogP contribution in [0, 0.1) is 0 Å². The second-order valence-electron chi connectivity index (χ2n) is 9.00. The molecule has 11 nitrogen and oxygen atoms in total. The van der Waals surface area contributed by atoms with Gasteiger partial charge in [0.2, 0.25) is 0 Å². The highest BCUT2D eigenvalue weighted by molar-refractivity contribution is 6.00. The number of nitrogens with one attached hydrogen (secondary N) is 2. The van der Waals surface area contributed by atoms with E-state index in [-0.39, 0.29) is 24.1 Å². The zero-order chi connectivity index (χ0) is 24.1. The van der Waals surface area contributed by atoms with Gasteiger partial charge in [-0.3, -0.25) is 4.79 Å². The summed E-state index contributed by atoms with van der Waals surface area (Å²) in [6.45, 7) is 1.11. The molecule has 1 aliphatic carbocycles. The Labute approximate surface area is 201 Å². The lowest BCUT2D eigenvalue weighted by atomic mass is 9.89. The molecule has 1 amide bonds. The van der Waals surface area contributed by atoms with Crippen LogP contribution in [0.25, 0.3) is 28.3 Å². The number of ether oxygens (including phenoxy) is 2. The van der Waals surface area contributed by atoms with Gasteiger partial charge in [-0.1, -0.05) is 0 Å². The normalized spacial score (nSPS) is 24.1. The van der Waals surface area contributed by atoms with E-state index in [9.17, 15) is 9.90 Å². The van der Waals surface area contributed by atoms with Crippen molar-refractivity contribution < 1.29 is 19.4 Å². The van der Waals surface area contributed by atoms with E-state index in [0.29, 0.717) is 42.4 Å². The molecule has 35 heavy (non-hydrogen) atoms. The largest absolute Gasteiger partial charge is 0.391 e. The van der Waals surface area contributed by atoms with Crippen LogP contribution >= 0.6 is 0 Å². The van der Waals surface area contributed by atoms with Gasteiger partial charge in [0.25, 0.3) is 5.91 Å². The topological polar surface area (TPSA) is 128 Å². The van der Waals surface area contributed by atoms with Gasteiger partial charge in [0.1, 0.15) is 23.3 Å². The lowest BCUT2D eigenvalue weighted by Gasteiger charge is -2.32. The number of aliphatic hydroxyl groups excluding tert-OH is 1. The van der Waals surface area contributed by atoms with Crippen LogP contribution in [-0.2, 0) is 9.47 Å². The van der Waals surface area contributed by atoms with E-state index in [0.717, 1.165) is 23.4 Å². The van der Waals surface area contributed by atoms with E-state index < -0.39 is 6.10 Å². The van der Waals surface area contributed by atoms with Crippen molar-refractivity contribution in [2.75, 3.05) is 32.7 Å². The molecule has 2 aromatic rings. The highest BCUT2D eigenvalue weighted by atomic mass is 16.5. The molecule has 6 rings (SSSR count). The fourth-order valence-corrected chi connectivity index (χ4v) is 4.87. The van der Waals surface area contributed by atoms with Crippen LogP contribution in [0.5, 0.6) is 0 Å². The average Bonchev–Trinajstić information content (AvgIpc) is 3.63. The van der Waals surface area contributed by atoms with E-state index in [4.69, 9.17) is 19.4 Å². The van der Waals surface area contributed by atoms with Crippen molar-refractivity contribution in [3.63, 3.8) is 0 Å². The molecule has 1 saturated carbocycles. The first-order chi connectivity index (χ1) is 17.1. The van der Waals surface area contributed by atoms with Gasteiger partial charge in [-0.25, -0.2) is 9.97 Å². The van der Waals surface area contributed by atoms with Crippen LogP contribution in [0.1, 0.15) is 29.2 Å². The highest BCUT2D eigenvalue weighted by Gasteiger charge is 2.33. The second-order valence-corrected chi connectivity index (χ2v) is 9.00. The maximum Gasteiger partial charge on any atom is 0.257 e. The van der Waals surface area contributed by atoms with E-state index in [1.54, 1.807) is 24.9 Å². The predicted molar refractivity (Wildman–Crippen MR) is 128 cm³/mol. The molecule has 4 atom stereocenters. The highest BCUT2D eigenvalue weighted by Crippen LogP contribution is 2.36. The molecule has 182 valence electrons. The molecule has 0 spiro atoms. The Kier molecular flexibility index (Phi) is 5.39. The van der Waals surface area contributed by atoms with Crippen LogP contribution in [0.4, 0.5) is 5.82 Å². The summed E-state index contributed by atoms with van der Waals surface area (Å²) in [5.41, 5.74) is 3.25. The summed E-state index contributed by atoms with van der Waals surface area (Å²) in [4.78, 5) is 22.5. The number of aromatic nitrogens is 5. The number of rotatable bonds is 6. The third kappa shape index (κ3) is 3.54. The number of pyridine rings is 1. The van der Waals surface area contributed by atoms with Crippen LogP contribution in [0.3, 0.4) is 0 Å². The van der Waals surface area contributed by atoms with E-state index >= 15 is 0 Å². The maximum atomic E-state index is 13.0. The van der Waals surface area contributed by atoms with Gasteiger partial charge in [0.15, 0.2) is 5.65 Å². The average molecular weight is 478 g/mol. The van der Waals surface area contributed by atoms with Crippen molar-refractivity contribution in [1.82, 2.24) is 29.5 Å². The van der Waals surface area contributed by atoms with Gasteiger partial charge < -0.3 is 29.8 Å². The summed E-state index contributed by atoms with van der Waals surface area (Å²) in [7, 11) is 3.49. The number of anilines is 1. The summed E-state index contributed by atoms with van der Waals surface area (Å²) < 4.78 is 15.0. The van der Waals surface area contributed by atoms with Crippen molar-refractivity contribution in [3.05, 3.63) is 42.4 Å². The van der Waals surface area contributed by atoms with Crippen LogP contribution < -0.4 is 10.6 Å². The minimum Gasteiger partial charge on any atom is -0.391 e. The number of methoxy groups -OCH3 is 1. The molecule has 5 heterocycles. The molecule has 2 fully saturated rings. The molecule has 4 aliphatic rings. The molecule has 0 aromatic carbocycles. The summed E-state index contributed by atoms with van der Waals surface area (Å²) >= 11 is 0. The zero-order valence-corrected chi connectivity index (χ0v) is 19.5. The molecule has 3 N–H and O–H groups in total. The fourth-order valence-electron chi connectivity index (χ4n) is 4.87. The van der Waals surface area contributed by atoms with Crippen LogP contribution in [0.15, 0.2) is 36.8 Å². The SMILES string of the molecule is CNc1cc(-c2cnc3n([C@@H]4COC[C@H]4OC)cccc2-3)nc2c(C(=O)N[C@H]3CC[C@@H]3O)cnn12. The third-order valence-corrected chi connectivity index (χ3v) is 7.06. The van der Waals surface area contributed by atoms with E-state index in [2.05, 4.69) is 20.3 Å². The molecular formula is C24H27N7O4. The molecule has 3 aliphatic heterocycles. The van der Waals surface area contributed by atoms with Crippen molar-refractivity contribution in [2.24, 2.45) is 0 Å². The lowest BCUT2D eigenvalue weighted by molar-refractivity contribution is 0.0448. The Hall–Kier alpha value is -3.54. The Balaban J connectivity index is 1.40. The Morgan fingerprint density at radius 2 is 2.14 bits per heavy atom. The first-order valence-corrected chi connectivity index (χ1v) is 11.7. The molecule has 0 unspecified atom stereocenters. The fraction of sp³-hybridized carbons (Fsp3) is 0.417. The zero-order valence-electron chi connectivity index (χ0n) is 19.5. The minimum absolute atomic E-state index is 0.0294. The van der Waals surface area contributed by atoms with E-state index in [1.165, 1.54) is 6.20 Å². The number of carbonyl (C=O) groups excluding carboxylic acids is 1. The van der Waals surface area contributed by atoms with Crippen molar-refractivity contribution in [1.29, 1.82) is 0 Å². The maximum absolute atomic E-state index is 13.0. The van der Waals surface area contributed by atoms with Gasteiger partial charge >= 0.3 is 0 Å². The van der Waals surface area contributed by atoms with Gasteiger partial charge in [-0.2, -0.15) is 9.61 Å². The number of carbonyl (C=O) groups is 1. The van der Waals surface area contributed by atoms with E-state index in [1.807, 2.05) is 24.4 Å². The molecule has 11 heteroatoms. The summed E-state index contributed by atoms with van der Waals surface area (Å²) in [5, 5.41) is 20.3. The molecule has 1 saturated heterocycles. The predicted octanol–water partition coefficient (Wildman–Crippen LogP) is 1.58. The Morgan fingerprint density at radius 3 is 2.89 bits per heavy atom. The third-order valence-electron chi connectivity index (χ3n) is 7.06. The lowest BCUT2D eigenvalue weighted by Crippen LogP contribution is -2.50. The Morgan fingerprint density at radius 1 is 1.26 bits per heavy atom. The van der Waals surface area contributed by atoms with Crippen molar-refractivity contribution >= 4 is 17.4 Å². The van der Waals surface area contributed by atoms with Gasteiger partial charge in [-0.05, 0) is 25.0 Å². The minimum atomic E-state index is -0.506. The number of hydrogen-bond acceptors (Lipinski definition) is 8. The molecule has 0 radical (unpaired) electrons. The molecule has 2 aromatic heterocycles. The van der Waals surface area contributed by atoms with Gasteiger partial charge in [-0.15, -0.1) is 0 Å². The summed E-state index contributed by atoms with van der Waals surface area (Å²) in [5.74, 6) is 1.21. The van der Waals surface area contributed by atoms with Crippen LogP contribution in [-0.4, -0.2) is 80.8 Å². The number of hydrogen-bond donors (Lipinski definition) is 3.